The van der Waals surface area contributed by atoms with E-state index in [1.54, 1.807) is 23.9 Å². The van der Waals surface area contributed by atoms with Crippen LogP contribution in [-0.2, 0) is 9.53 Å². The predicted molar refractivity (Wildman–Crippen MR) is 77.6 cm³/mol. The average molecular weight is 281 g/mol. The Balaban J connectivity index is 2.40. The Morgan fingerprint density at radius 2 is 2.00 bits per heavy atom. The molecule has 1 atom stereocenters. The number of benzene rings is 1. The largest absolute Gasteiger partial charge is 0.468 e. The van der Waals surface area contributed by atoms with Gasteiger partial charge >= 0.3 is 5.97 Å². The maximum absolute atomic E-state index is 11.9. The van der Waals surface area contributed by atoms with Crippen molar-refractivity contribution in [3.8, 4) is 0 Å². The van der Waals surface area contributed by atoms with Crippen LogP contribution < -0.4 is 5.32 Å². The van der Waals surface area contributed by atoms with Crippen molar-refractivity contribution < 1.29 is 14.3 Å². The molecule has 104 valence electrons. The summed E-state index contributed by atoms with van der Waals surface area (Å²) in [4.78, 5) is 23.3. The van der Waals surface area contributed by atoms with Crippen molar-refractivity contribution in [2.45, 2.75) is 12.5 Å². The van der Waals surface area contributed by atoms with Gasteiger partial charge in [-0.2, -0.15) is 11.8 Å². The molecule has 0 aromatic heterocycles. The molecular weight excluding hydrogens is 262 g/mol. The van der Waals surface area contributed by atoms with Gasteiger partial charge in [-0.05, 0) is 6.26 Å². The summed E-state index contributed by atoms with van der Waals surface area (Å²) in [5.41, 5.74) is 0.698. The monoisotopic (exact) mass is 281 g/mol. The van der Waals surface area contributed by atoms with E-state index in [-0.39, 0.29) is 17.8 Å². The smallest absolute Gasteiger partial charge is 0.323 e. The summed E-state index contributed by atoms with van der Waals surface area (Å²) in [6, 6.07) is 8.78. The molecule has 0 saturated heterocycles. The number of esters is 1. The molecule has 0 bridgehead atoms. The average Bonchev–Trinajstić information content (AvgIpc) is 2.46. The molecule has 0 spiro atoms. The number of carbonyl (C=O) groups is 2. The minimum absolute atomic E-state index is 0.0702. The quantitative estimate of drug-likeness (QED) is 0.581. The topological polar surface area (TPSA) is 55.4 Å². The summed E-state index contributed by atoms with van der Waals surface area (Å²) in [5, 5.41) is 3.06. The first-order chi connectivity index (χ1) is 9.19. The number of ketones is 1. The lowest BCUT2D eigenvalue weighted by Crippen LogP contribution is -2.40. The number of rotatable bonds is 8. The normalized spacial score (nSPS) is 11.9. The Kier molecular flexibility index (Phi) is 7.22. The van der Waals surface area contributed by atoms with Gasteiger partial charge in [0.15, 0.2) is 5.78 Å². The Hall–Kier alpha value is -1.33. The van der Waals surface area contributed by atoms with Crippen LogP contribution in [0, 0.1) is 0 Å². The lowest BCUT2D eigenvalue weighted by molar-refractivity contribution is -0.142. The fourth-order valence-electron chi connectivity index (χ4n) is 1.65. The minimum atomic E-state index is -0.358. The van der Waals surface area contributed by atoms with Crippen molar-refractivity contribution in [2.24, 2.45) is 0 Å². The van der Waals surface area contributed by atoms with Gasteiger partial charge in [0, 0.05) is 24.3 Å². The highest BCUT2D eigenvalue weighted by molar-refractivity contribution is 7.98. The van der Waals surface area contributed by atoms with Gasteiger partial charge in [-0.1, -0.05) is 30.3 Å². The third-order valence-corrected chi connectivity index (χ3v) is 3.32. The van der Waals surface area contributed by atoms with Crippen molar-refractivity contribution in [2.75, 3.05) is 25.7 Å². The Labute approximate surface area is 117 Å². The number of Topliss-reactive ketones (excluding diaryl/α,β-unsaturated/α-hetero) is 1. The molecule has 0 aliphatic carbocycles. The molecule has 0 saturated carbocycles. The third-order valence-electron chi connectivity index (χ3n) is 2.66. The zero-order valence-corrected chi connectivity index (χ0v) is 12.0. The van der Waals surface area contributed by atoms with E-state index in [1.807, 2.05) is 24.5 Å². The van der Waals surface area contributed by atoms with E-state index in [0.717, 1.165) is 0 Å². The molecular formula is C14H19NO3S. The van der Waals surface area contributed by atoms with E-state index >= 15 is 0 Å². The first-order valence-electron chi connectivity index (χ1n) is 6.07. The lowest BCUT2D eigenvalue weighted by Gasteiger charge is -2.14. The zero-order chi connectivity index (χ0) is 14.1. The Morgan fingerprint density at radius 3 is 2.58 bits per heavy atom. The van der Waals surface area contributed by atoms with Crippen molar-refractivity contribution >= 4 is 23.5 Å². The van der Waals surface area contributed by atoms with Gasteiger partial charge in [-0.15, -0.1) is 0 Å². The van der Waals surface area contributed by atoms with Crippen molar-refractivity contribution in [1.82, 2.24) is 5.32 Å². The summed E-state index contributed by atoms with van der Waals surface area (Å²) in [6.07, 6.45) is 2.29. The molecule has 5 heteroatoms. The molecule has 0 radical (unpaired) electrons. The maximum Gasteiger partial charge on any atom is 0.323 e. The second kappa shape index (κ2) is 8.72. The zero-order valence-electron chi connectivity index (χ0n) is 11.2. The summed E-state index contributed by atoms with van der Waals surface area (Å²) < 4.78 is 4.71. The molecule has 1 rings (SSSR count). The van der Waals surface area contributed by atoms with Gasteiger partial charge in [0.05, 0.1) is 7.11 Å². The van der Waals surface area contributed by atoms with E-state index in [4.69, 9.17) is 4.74 Å². The number of nitrogens with one attached hydrogen (secondary N) is 1. The number of ether oxygens (including phenoxy) is 1. The van der Waals surface area contributed by atoms with Gasteiger partial charge in [-0.3, -0.25) is 9.59 Å². The van der Waals surface area contributed by atoms with Gasteiger partial charge in [0.2, 0.25) is 0 Å². The summed E-state index contributed by atoms with van der Waals surface area (Å²) >= 11 is 1.56. The first kappa shape index (κ1) is 15.7. The van der Waals surface area contributed by atoms with Crippen LogP contribution in [0.2, 0.25) is 0 Å². The molecule has 1 N–H and O–H groups in total. The lowest BCUT2D eigenvalue weighted by atomic mass is 10.1. The number of methoxy groups -OCH3 is 1. The standard InChI is InChI=1S/C14H19NO3S/c1-18-14(17)12(10-19-2)15-9-8-13(16)11-6-4-3-5-7-11/h3-7,12,15H,8-10H2,1-2H3. The second-order valence-corrected chi connectivity index (χ2v) is 4.94. The van der Waals surface area contributed by atoms with E-state index < -0.39 is 0 Å². The first-order valence-corrected chi connectivity index (χ1v) is 7.46. The summed E-state index contributed by atoms with van der Waals surface area (Å²) in [5.74, 6) is 0.411. The molecule has 0 aliphatic rings. The molecule has 19 heavy (non-hydrogen) atoms. The molecule has 4 nitrogen and oxygen atoms in total. The summed E-state index contributed by atoms with van der Waals surface area (Å²) in [7, 11) is 1.37. The number of hydrogen-bond acceptors (Lipinski definition) is 5. The van der Waals surface area contributed by atoms with Crippen LogP contribution in [0.1, 0.15) is 16.8 Å². The van der Waals surface area contributed by atoms with E-state index in [0.29, 0.717) is 24.3 Å². The highest BCUT2D eigenvalue weighted by atomic mass is 32.2. The molecule has 1 unspecified atom stereocenters. The SMILES string of the molecule is COC(=O)C(CSC)NCCC(=O)c1ccccc1. The fourth-order valence-corrected chi connectivity index (χ4v) is 2.23. The van der Waals surface area contributed by atoms with Crippen LogP contribution >= 0.6 is 11.8 Å². The molecule has 0 fully saturated rings. The van der Waals surface area contributed by atoms with E-state index in [1.165, 1.54) is 7.11 Å². The van der Waals surface area contributed by atoms with Crippen LogP contribution in [0.5, 0.6) is 0 Å². The number of hydrogen-bond donors (Lipinski definition) is 1. The Bertz CT molecular complexity index is 408. The minimum Gasteiger partial charge on any atom is -0.468 e. The number of thioether (sulfide) groups is 1. The van der Waals surface area contributed by atoms with Crippen LogP contribution in [0.25, 0.3) is 0 Å². The molecule has 1 aromatic carbocycles. The van der Waals surface area contributed by atoms with Crippen LogP contribution in [0.15, 0.2) is 30.3 Å². The molecule has 0 amide bonds. The van der Waals surface area contributed by atoms with Gasteiger partial charge in [0.25, 0.3) is 0 Å². The Morgan fingerprint density at radius 1 is 1.32 bits per heavy atom. The number of carbonyl (C=O) groups excluding carboxylic acids is 2. The summed E-state index contributed by atoms with van der Waals surface area (Å²) in [6.45, 7) is 0.466. The van der Waals surface area contributed by atoms with Crippen molar-refractivity contribution in [3.05, 3.63) is 35.9 Å². The predicted octanol–water partition coefficient (Wildman–Crippen LogP) is 1.75. The van der Waals surface area contributed by atoms with Gasteiger partial charge in [-0.25, -0.2) is 0 Å². The third kappa shape index (κ3) is 5.44. The van der Waals surface area contributed by atoms with Crippen molar-refractivity contribution in [3.63, 3.8) is 0 Å². The highest BCUT2D eigenvalue weighted by Crippen LogP contribution is 2.03. The van der Waals surface area contributed by atoms with Gasteiger partial charge < -0.3 is 10.1 Å². The highest BCUT2D eigenvalue weighted by Gasteiger charge is 2.17. The van der Waals surface area contributed by atoms with Crippen LogP contribution in [0.3, 0.4) is 0 Å². The fraction of sp³-hybridized carbons (Fsp3) is 0.429. The van der Waals surface area contributed by atoms with Crippen LogP contribution in [-0.4, -0.2) is 43.5 Å². The van der Waals surface area contributed by atoms with E-state index in [9.17, 15) is 9.59 Å². The van der Waals surface area contributed by atoms with E-state index in [2.05, 4.69) is 5.32 Å². The van der Waals surface area contributed by atoms with Crippen molar-refractivity contribution in [1.29, 1.82) is 0 Å². The van der Waals surface area contributed by atoms with Gasteiger partial charge in [0.1, 0.15) is 6.04 Å². The second-order valence-electron chi connectivity index (χ2n) is 4.02. The molecule has 1 aromatic rings. The molecule has 0 aliphatic heterocycles. The van der Waals surface area contributed by atoms with Crippen LogP contribution in [0.4, 0.5) is 0 Å². The molecule has 0 heterocycles. The maximum atomic E-state index is 11.9.